The number of carbonyl (C=O) groups excluding carboxylic acids is 1. The number of anilines is 1. The average molecular weight is 610 g/mol. The first-order valence-electron chi connectivity index (χ1n) is 13.6. The molecule has 226 valence electrons. The second kappa shape index (κ2) is 12.2. The van der Waals surface area contributed by atoms with Crippen molar-refractivity contribution in [3.63, 3.8) is 0 Å². The zero-order valence-electron chi connectivity index (χ0n) is 22.8. The minimum Gasteiger partial charge on any atom is -0.392 e. The number of para-hydroxylation sites is 2. The van der Waals surface area contributed by atoms with Crippen LogP contribution in [0.4, 0.5) is 27.6 Å². The molecule has 4 aromatic carbocycles. The van der Waals surface area contributed by atoms with Crippen LogP contribution in [0.15, 0.2) is 79.1 Å². The fourth-order valence-corrected chi connectivity index (χ4v) is 5.13. The lowest BCUT2D eigenvalue weighted by atomic mass is 10.00. The topological polar surface area (TPSA) is 85.6 Å². The van der Waals surface area contributed by atoms with Crippen molar-refractivity contribution in [1.82, 2.24) is 9.55 Å². The van der Waals surface area contributed by atoms with Crippen LogP contribution in [0.3, 0.4) is 0 Å². The van der Waals surface area contributed by atoms with Gasteiger partial charge in [0.25, 0.3) is 5.91 Å². The van der Waals surface area contributed by atoms with E-state index in [2.05, 4.69) is 10.3 Å². The van der Waals surface area contributed by atoms with Crippen LogP contribution in [-0.4, -0.2) is 26.7 Å². The van der Waals surface area contributed by atoms with Gasteiger partial charge >= 0.3 is 0 Å². The average Bonchev–Trinajstić information content (AvgIpc) is 3.45. The highest BCUT2D eigenvalue weighted by Crippen LogP contribution is 2.39. The molecule has 44 heavy (non-hydrogen) atoms. The molecule has 6 rings (SSSR count). The van der Waals surface area contributed by atoms with E-state index >= 15 is 0 Å². The van der Waals surface area contributed by atoms with Crippen LogP contribution in [-0.2, 0) is 22.6 Å². The van der Waals surface area contributed by atoms with Gasteiger partial charge in [-0.15, -0.1) is 0 Å². The summed E-state index contributed by atoms with van der Waals surface area (Å²) in [5.74, 6) is -12.7. The fourth-order valence-electron chi connectivity index (χ4n) is 5.13. The monoisotopic (exact) mass is 609 g/mol. The summed E-state index contributed by atoms with van der Waals surface area (Å²) in [4.78, 5) is 16.9. The number of hydrogen-bond donors (Lipinski definition) is 2. The van der Waals surface area contributed by atoms with Gasteiger partial charge in [-0.2, -0.15) is 0 Å². The molecule has 2 N–H and O–H groups in total. The molecule has 12 heteroatoms. The van der Waals surface area contributed by atoms with Crippen molar-refractivity contribution in [2.75, 3.05) is 5.32 Å². The molecule has 2 heterocycles. The first kappa shape index (κ1) is 29.4. The molecular formula is C32H24F5N3O4. The lowest BCUT2D eigenvalue weighted by molar-refractivity contribution is -0.252. The molecule has 1 aromatic heterocycles. The third kappa shape index (κ3) is 5.66. The summed E-state index contributed by atoms with van der Waals surface area (Å²) >= 11 is 0. The van der Waals surface area contributed by atoms with Gasteiger partial charge in [0.05, 0.1) is 42.7 Å². The molecule has 3 unspecified atom stereocenters. The van der Waals surface area contributed by atoms with Crippen molar-refractivity contribution in [3.8, 4) is 0 Å². The number of amides is 1. The van der Waals surface area contributed by atoms with Crippen LogP contribution in [0.2, 0.25) is 0 Å². The van der Waals surface area contributed by atoms with E-state index < -0.39 is 46.8 Å². The molecule has 1 fully saturated rings. The van der Waals surface area contributed by atoms with E-state index in [4.69, 9.17) is 9.47 Å². The highest BCUT2D eigenvalue weighted by atomic mass is 19.2. The van der Waals surface area contributed by atoms with E-state index in [1.165, 1.54) is 12.1 Å². The Morgan fingerprint density at radius 3 is 2.16 bits per heavy atom. The number of hydrogen-bond acceptors (Lipinski definition) is 5. The number of imidazole rings is 1. The standard InChI is InChI=1S/C32H24F5N3O4/c33-26-25(27(34)29(36)30(37)28(26)35)31(42)39-20-11-9-19(10-12-20)32-43-21(14-40-16-38-22-3-1-2-4-23(22)40)13-24(44-32)18-7-5-17(15-41)6-8-18/h1-12,16,21,24,32,41H,13-15H2,(H,39,42). The fraction of sp³-hybridized carbons (Fsp3) is 0.188. The van der Waals surface area contributed by atoms with Gasteiger partial charge in [0, 0.05) is 17.7 Å². The van der Waals surface area contributed by atoms with Gasteiger partial charge < -0.3 is 24.5 Å². The molecule has 0 radical (unpaired) electrons. The van der Waals surface area contributed by atoms with Gasteiger partial charge in [-0.1, -0.05) is 48.5 Å². The molecule has 1 aliphatic rings. The third-order valence-electron chi connectivity index (χ3n) is 7.42. The van der Waals surface area contributed by atoms with Gasteiger partial charge in [0.2, 0.25) is 5.82 Å². The molecule has 1 aliphatic heterocycles. The van der Waals surface area contributed by atoms with E-state index in [9.17, 15) is 31.9 Å². The predicted octanol–water partition coefficient (Wildman–Crippen LogP) is 6.72. The largest absolute Gasteiger partial charge is 0.392 e. The van der Waals surface area contributed by atoms with Crippen molar-refractivity contribution in [1.29, 1.82) is 0 Å². The Balaban J connectivity index is 1.24. The van der Waals surface area contributed by atoms with E-state index in [1.54, 1.807) is 18.5 Å². The normalized spacial score (nSPS) is 18.5. The van der Waals surface area contributed by atoms with Gasteiger partial charge in [0.1, 0.15) is 5.56 Å². The molecule has 1 saturated heterocycles. The molecular weight excluding hydrogens is 585 g/mol. The van der Waals surface area contributed by atoms with Crippen LogP contribution in [0.25, 0.3) is 11.0 Å². The minimum absolute atomic E-state index is 0.0380. The Bertz CT molecular complexity index is 1800. The number of nitrogens with zero attached hydrogens (tertiary/aromatic N) is 2. The number of rotatable bonds is 7. The summed E-state index contributed by atoms with van der Waals surface area (Å²) in [6.07, 6.45) is 0.701. The Morgan fingerprint density at radius 2 is 1.48 bits per heavy atom. The molecule has 3 atom stereocenters. The first-order valence-corrected chi connectivity index (χ1v) is 13.6. The Hall–Kier alpha value is -4.65. The maximum atomic E-state index is 14.1. The summed E-state index contributed by atoms with van der Waals surface area (Å²) in [6, 6.07) is 21.0. The van der Waals surface area contributed by atoms with Gasteiger partial charge in [-0.3, -0.25) is 4.79 Å². The Kier molecular flexibility index (Phi) is 8.13. The van der Waals surface area contributed by atoms with Gasteiger partial charge in [-0.05, 0) is 35.4 Å². The molecule has 0 bridgehead atoms. The number of fused-ring (bicyclic) bond motifs is 1. The number of benzene rings is 4. The van der Waals surface area contributed by atoms with Crippen molar-refractivity contribution < 1.29 is 41.3 Å². The summed E-state index contributed by atoms with van der Waals surface area (Å²) < 4.78 is 83.4. The van der Waals surface area contributed by atoms with Crippen LogP contribution >= 0.6 is 0 Å². The van der Waals surface area contributed by atoms with Crippen LogP contribution in [0, 0.1) is 29.1 Å². The molecule has 1 amide bonds. The van der Waals surface area contributed by atoms with E-state index in [0.717, 1.165) is 22.2 Å². The summed E-state index contributed by atoms with van der Waals surface area (Å²) in [5.41, 5.74) is 2.42. The van der Waals surface area contributed by atoms with E-state index in [-0.39, 0.29) is 24.5 Å². The zero-order valence-corrected chi connectivity index (χ0v) is 22.8. The maximum absolute atomic E-state index is 14.1. The van der Waals surface area contributed by atoms with Crippen LogP contribution < -0.4 is 5.32 Å². The number of ether oxygens (including phenoxy) is 2. The SMILES string of the molecule is O=C(Nc1ccc(C2OC(Cn3cnc4ccccc43)CC(c3ccc(CO)cc3)O2)cc1)c1c(F)c(F)c(F)c(F)c1F. The second-order valence-electron chi connectivity index (χ2n) is 10.3. The van der Waals surface area contributed by atoms with Gasteiger partial charge in [0.15, 0.2) is 29.6 Å². The molecule has 0 spiro atoms. The lowest BCUT2D eigenvalue weighted by Gasteiger charge is -2.36. The quantitative estimate of drug-likeness (QED) is 0.122. The summed E-state index contributed by atoms with van der Waals surface area (Å²) in [7, 11) is 0. The molecule has 5 aromatic rings. The number of aromatic nitrogens is 2. The van der Waals surface area contributed by atoms with Crippen LogP contribution in [0.5, 0.6) is 0 Å². The van der Waals surface area contributed by atoms with Gasteiger partial charge in [-0.25, -0.2) is 26.9 Å². The first-order chi connectivity index (χ1) is 21.2. The van der Waals surface area contributed by atoms with Crippen molar-refractivity contribution in [2.45, 2.75) is 38.1 Å². The zero-order chi connectivity index (χ0) is 31.0. The summed E-state index contributed by atoms with van der Waals surface area (Å²) in [6.45, 7) is 0.378. The van der Waals surface area contributed by atoms with Crippen LogP contribution in [0.1, 0.15) is 45.9 Å². The highest BCUT2D eigenvalue weighted by Gasteiger charge is 2.33. The maximum Gasteiger partial charge on any atom is 0.261 e. The van der Waals surface area contributed by atoms with Crippen molar-refractivity contribution in [2.24, 2.45) is 0 Å². The predicted molar refractivity (Wildman–Crippen MR) is 149 cm³/mol. The van der Waals surface area contributed by atoms with Crippen molar-refractivity contribution in [3.05, 3.63) is 130 Å². The molecule has 0 aliphatic carbocycles. The highest BCUT2D eigenvalue weighted by molar-refractivity contribution is 6.04. The third-order valence-corrected chi connectivity index (χ3v) is 7.42. The number of nitrogens with one attached hydrogen (secondary N) is 1. The number of aliphatic hydroxyl groups excluding tert-OH is 1. The minimum atomic E-state index is -2.35. The van der Waals surface area contributed by atoms with Crippen molar-refractivity contribution >= 4 is 22.6 Å². The molecule has 0 saturated carbocycles. The molecule has 7 nitrogen and oxygen atoms in total. The van der Waals surface area contributed by atoms with E-state index in [1.807, 2.05) is 53.1 Å². The Morgan fingerprint density at radius 1 is 0.841 bits per heavy atom. The number of carbonyl (C=O) groups is 1. The number of aliphatic hydroxyl groups is 1. The summed E-state index contributed by atoms with van der Waals surface area (Å²) in [5, 5.41) is 11.6. The smallest absolute Gasteiger partial charge is 0.261 e. The second-order valence-corrected chi connectivity index (χ2v) is 10.3. The van der Waals surface area contributed by atoms with E-state index in [0.29, 0.717) is 18.5 Å². The Labute approximate surface area is 247 Å². The lowest BCUT2D eigenvalue weighted by Crippen LogP contribution is -2.32. The number of halogens is 5.